The minimum Gasteiger partial charge on any atom is -0.465 e. The first-order chi connectivity index (χ1) is 22.9. The topological polar surface area (TPSA) is 152 Å². The number of piperidine rings is 2. The number of hydrogen-bond donors (Lipinski definition) is 2. The van der Waals surface area contributed by atoms with Crippen molar-refractivity contribution < 1.29 is 14.6 Å². The van der Waals surface area contributed by atoms with Gasteiger partial charge >= 0.3 is 6.09 Å². The van der Waals surface area contributed by atoms with E-state index >= 15 is 0 Å². The van der Waals surface area contributed by atoms with Crippen molar-refractivity contribution in [1.29, 1.82) is 0 Å². The quantitative estimate of drug-likeness (QED) is 0.258. The number of nitrogens with zero attached hydrogens (tertiary/aromatic N) is 9. The number of rotatable bonds is 6. The van der Waals surface area contributed by atoms with Gasteiger partial charge in [-0.05, 0) is 62.1 Å². The third kappa shape index (κ3) is 5.51. The average Bonchev–Trinajstić information content (AvgIpc) is 3.49. The Morgan fingerprint density at radius 2 is 1.53 bits per heavy atom. The summed E-state index contributed by atoms with van der Waals surface area (Å²) in [6.45, 7) is 4.64. The molecule has 3 N–H and O–H groups in total. The van der Waals surface area contributed by atoms with Crippen molar-refractivity contribution in [3.8, 4) is 22.8 Å². The van der Waals surface area contributed by atoms with Crippen LogP contribution in [-0.4, -0.2) is 85.1 Å². The molecular formula is C34H36N10O3. The van der Waals surface area contributed by atoms with E-state index in [9.17, 15) is 9.90 Å². The van der Waals surface area contributed by atoms with E-state index in [1.807, 2.05) is 71.7 Å². The molecule has 1 amide bonds. The number of likely N-dealkylation sites (tertiary alicyclic amines) is 1. The number of nitrogen functional groups attached to an aromatic ring is 1. The van der Waals surface area contributed by atoms with Gasteiger partial charge in [-0.3, -0.25) is 0 Å². The van der Waals surface area contributed by atoms with Crippen molar-refractivity contribution in [3.05, 3.63) is 73.3 Å². The molecule has 47 heavy (non-hydrogen) atoms. The largest absolute Gasteiger partial charge is 0.465 e. The summed E-state index contributed by atoms with van der Waals surface area (Å²) in [6, 6.07) is 17.7. The third-order valence-electron chi connectivity index (χ3n) is 9.85. The molecule has 240 valence electrons. The smallest absolute Gasteiger partial charge is 0.407 e. The SMILES string of the molecule is Nc1ncnc2c1c(-c1ccc(Oc3ccccc3)cc1)nn2C1CCN(c2cnc(N3CC4(CCN(C(=O)O)CC4)C3)nc2)CC1. The van der Waals surface area contributed by atoms with Crippen molar-refractivity contribution in [2.75, 3.05) is 54.8 Å². The molecule has 13 heteroatoms. The Morgan fingerprint density at radius 3 is 2.21 bits per heavy atom. The van der Waals surface area contributed by atoms with Crippen LogP contribution in [0, 0.1) is 5.41 Å². The second-order valence-corrected chi connectivity index (χ2v) is 12.8. The molecule has 0 saturated carbocycles. The van der Waals surface area contributed by atoms with Gasteiger partial charge in [0.1, 0.15) is 29.3 Å². The minimum absolute atomic E-state index is 0.155. The monoisotopic (exact) mass is 632 g/mol. The van der Waals surface area contributed by atoms with Gasteiger partial charge in [0, 0.05) is 50.2 Å². The first kappa shape index (κ1) is 29.0. The van der Waals surface area contributed by atoms with Gasteiger partial charge in [-0.1, -0.05) is 18.2 Å². The maximum Gasteiger partial charge on any atom is 0.407 e. The van der Waals surface area contributed by atoms with Crippen LogP contribution < -0.4 is 20.3 Å². The highest BCUT2D eigenvalue weighted by Gasteiger charge is 2.46. The van der Waals surface area contributed by atoms with Gasteiger partial charge in [0.2, 0.25) is 5.95 Å². The van der Waals surface area contributed by atoms with Crippen molar-refractivity contribution in [1.82, 2.24) is 34.6 Å². The number of hydrogen-bond acceptors (Lipinski definition) is 10. The first-order valence-corrected chi connectivity index (χ1v) is 16.1. The van der Waals surface area contributed by atoms with E-state index in [-0.39, 0.29) is 11.5 Å². The summed E-state index contributed by atoms with van der Waals surface area (Å²) >= 11 is 0. The molecule has 3 aromatic heterocycles. The number of fused-ring (bicyclic) bond motifs is 1. The predicted octanol–water partition coefficient (Wildman–Crippen LogP) is 5.08. The number of ether oxygens (including phenoxy) is 1. The van der Waals surface area contributed by atoms with E-state index in [0.717, 1.165) is 97.3 Å². The Kier molecular flexibility index (Phi) is 7.23. The second kappa shape index (κ2) is 11.7. The summed E-state index contributed by atoms with van der Waals surface area (Å²) in [5.74, 6) is 2.67. The van der Waals surface area contributed by atoms with Crippen molar-refractivity contribution in [2.45, 2.75) is 31.7 Å². The van der Waals surface area contributed by atoms with Gasteiger partial charge in [-0.15, -0.1) is 0 Å². The third-order valence-corrected chi connectivity index (χ3v) is 9.85. The second-order valence-electron chi connectivity index (χ2n) is 12.8. The Bertz CT molecular complexity index is 1870. The van der Waals surface area contributed by atoms with Crippen LogP contribution in [-0.2, 0) is 0 Å². The molecule has 3 saturated heterocycles. The van der Waals surface area contributed by atoms with Gasteiger partial charge in [0.05, 0.1) is 29.5 Å². The fourth-order valence-corrected chi connectivity index (χ4v) is 7.16. The van der Waals surface area contributed by atoms with Crippen LogP contribution in [0.3, 0.4) is 0 Å². The lowest BCUT2D eigenvalue weighted by atomic mass is 9.72. The highest BCUT2D eigenvalue weighted by Crippen LogP contribution is 2.42. The zero-order valence-electron chi connectivity index (χ0n) is 25.9. The van der Waals surface area contributed by atoms with Gasteiger partial charge in [0.25, 0.3) is 0 Å². The summed E-state index contributed by atoms with van der Waals surface area (Å²) in [4.78, 5) is 35.6. The molecule has 0 bridgehead atoms. The number of carboxylic acid groups (broad SMARTS) is 1. The maximum absolute atomic E-state index is 11.3. The Balaban J connectivity index is 0.927. The first-order valence-electron chi connectivity index (χ1n) is 16.1. The molecule has 13 nitrogen and oxygen atoms in total. The van der Waals surface area contributed by atoms with Crippen LogP contribution in [0.4, 0.5) is 22.2 Å². The van der Waals surface area contributed by atoms with E-state index in [2.05, 4.69) is 19.8 Å². The number of anilines is 3. The number of aromatic nitrogens is 6. The van der Waals surface area contributed by atoms with Crippen molar-refractivity contribution in [2.24, 2.45) is 5.41 Å². The fourth-order valence-electron chi connectivity index (χ4n) is 7.16. The molecule has 8 rings (SSSR count). The van der Waals surface area contributed by atoms with Gasteiger partial charge in [-0.25, -0.2) is 29.4 Å². The summed E-state index contributed by atoms with van der Waals surface area (Å²) in [5, 5.41) is 15.1. The van der Waals surface area contributed by atoms with Crippen molar-refractivity contribution in [3.63, 3.8) is 0 Å². The molecule has 3 aliphatic heterocycles. The highest BCUT2D eigenvalue weighted by atomic mass is 16.5. The van der Waals surface area contributed by atoms with Gasteiger partial charge in [-0.2, -0.15) is 5.10 Å². The highest BCUT2D eigenvalue weighted by molar-refractivity contribution is 5.98. The van der Waals surface area contributed by atoms with E-state index in [1.165, 1.54) is 11.2 Å². The predicted molar refractivity (Wildman–Crippen MR) is 178 cm³/mol. The zero-order valence-corrected chi connectivity index (χ0v) is 25.9. The minimum atomic E-state index is -0.822. The van der Waals surface area contributed by atoms with E-state index in [1.54, 1.807) is 0 Å². The summed E-state index contributed by atoms with van der Waals surface area (Å²) in [7, 11) is 0. The fraction of sp³-hybridized carbons (Fsp3) is 0.353. The van der Waals surface area contributed by atoms with Crippen LogP contribution in [0.1, 0.15) is 31.7 Å². The van der Waals surface area contributed by atoms with Crippen LogP contribution in [0.15, 0.2) is 73.3 Å². The lowest BCUT2D eigenvalue weighted by Crippen LogP contribution is -2.61. The molecule has 5 aromatic rings. The molecular weight excluding hydrogens is 596 g/mol. The molecule has 3 aliphatic rings. The van der Waals surface area contributed by atoms with Crippen LogP contribution >= 0.6 is 0 Å². The lowest BCUT2D eigenvalue weighted by molar-refractivity contribution is 0.0703. The van der Waals surface area contributed by atoms with Crippen LogP contribution in [0.2, 0.25) is 0 Å². The van der Waals surface area contributed by atoms with E-state index in [4.69, 9.17) is 25.5 Å². The standard InChI is InChI=1S/C34H36N10O3/c35-30-28-29(23-6-8-27(9-7-23)47-26-4-2-1-3-5-26)40-44(31(28)39-22-38-30)24-10-14-41(15-11-24)25-18-36-32(37-19-25)43-20-34(21-43)12-16-42(17-13-34)33(45)46/h1-9,18-19,22,24H,10-17,20-21H2,(H,45,46)(H2,35,38,39). The summed E-state index contributed by atoms with van der Waals surface area (Å²) in [5.41, 5.74) is 10.0. The van der Waals surface area contributed by atoms with Crippen LogP contribution in [0.25, 0.3) is 22.3 Å². The average molecular weight is 633 g/mol. The van der Waals surface area contributed by atoms with Crippen molar-refractivity contribution >= 4 is 34.6 Å². The molecule has 0 atom stereocenters. The summed E-state index contributed by atoms with van der Waals surface area (Å²) in [6.07, 6.45) is 8.07. The van der Waals surface area contributed by atoms with E-state index in [0.29, 0.717) is 18.9 Å². The Hall–Kier alpha value is -5.46. The van der Waals surface area contributed by atoms with E-state index < -0.39 is 6.09 Å². The zero-order chi connectivity index (χ0) is 32.0. The summed E-state index contributed by atoms with van der Waals surface area (Å²) < 4.78 is 8.00. The molecule has 3 fully saturated rings. The molecule has 0 aliphatic carbocycles. The number of para-hydroxylation sites is 1. The molecule has 6 heterocycles. The van der Waals surface area contributed by atoms with Gasteiger partial charge < -0.3 is 30.3 Å². The number of benzene rings is 2. The lowest BCUT2D eigenvalue weighted by Gasteiger charge is -2.53. The molecule has 0 radical (unpaired) electrons. The Morgan fingerprint density at radius 1 is 0.851 bits per heavy atom. The molecule has 2 aromatic carbocycles. The normalized spacial score (nSPS) is 18.0. The number of nitrogens with two attached hydrogens (primary N) is 1. The Labute approximate surface area is 271 Å². The maximum atomic E-state index is 11.3. The molecule has 1 spiro atoms. The number of amides is 1. The van der Waals surface area contributed by atoms with Crippen LogP contribution in [0.5, 0.6) is 11.5 Å². The number of carbonyl (C=O) groups is 1. The molecule has 0 unspecified atom stereocenters. The van der Waals surface area contributed by atoms with Gasteiger partial charge in [0.15, 0.2) is 5.65 Å².